The first kappa shape index (κ1) is 21.5. The number of rotatable bonds is 9. The fourth-order valence-electron chi connectivity index (χ4n) is 2.00. The van der Waals surface area contributed by atoms with Crippen LogP contribution >= 0.6 is 12.4 Å². The molecule has 1 aliphatic rings. The average molecular weight is 383 g/mol. The van der Waals surface area contributed by atoms with Gasteiger partial charge in [0.2, 0.25) is 5.91 Å². The van der Waals surface area contributed by atoms with Gasteiger partial charge in [-0.3, -0.25) is 4.79 Å². The number of aliphatic hydroxyl groups excluding tert-OH is 1. The van der Waals surface area contributed by atoms with Crippen LogP contribution in [0.25, 0.3) is 0 Å². The van der Waals surface area contributed by atoms with Crippen molar-refractivity contribution in [3.8, 4) is 5.75 Å². The maximum absolute atomic E-state index is 12.4. The van der Waals surface area contributed by atoms with Gasteiger partial charge in [0.05, 0.1) is 12.1 Å². The smallest absolute Gasteiger partial charge is 0.416 e. The van der Waals surface area contributed by atoms with Crippen LogP contribution in [0.5, 0.6) is 5.75 Å². The zero-order valence-corrected chi connectivity index (χ0v) is 14.3. The van der Waals surface area contributed by atoms with Crippen LogP contribution in [-0.2, 0) is 11.0 Å². The summed E-state index contributed by atoms with van der Waals surface area (Å²) in [6, 6.07) is 4.20. The molecule has 5 nitrogen and oxygen atoms in total. The van der Waals surface area contributed by atoms with Crippen molar-refractivity contribution in [1.29, 1.82) is 0 Å². The molecule has 25 heavy (non-hydrogen) atoms. The van der Waals surface area contributed by atoms with Crippen molar-refractivity contribution >= 4 is 18.3 Å². The van der Waals surface area contributed by atoms with Gasteiger partial charge < -0.3 is 20.5 Å². The number of aliphatic hydroxyl groups is 1. The Morgan fingerprint density at radius 2 is 1.92 bits per heavy atom. The SMILES string of the molecule is Cl.O=C(CNCC1CC1)NCC(O)COc1ccc(C(F)(F)F)cc1. The number of hydrogen-bond acceptors (Lipinski definition) is 4. The Morgan fingerprint density at radius 1 is 1.28 bits per heavy atom. The number of ether oxygens (including phenoxy) is 1. The van der Waals surface area contributed by atoms with Crippen LogP contribution < -0.4 is 15.4 Å². The summed E-state index contributed by atoms with van der Waals surface area (Å²) in [5.74, 6) is 0.684. The molecule has 0 aromatic heterocycles. The summed E-state index contributed by atoms with van der Waals surface area (Å²) in [5.41, 5.74) is -0.763. The van der Waals surface area contributed by atoms with E-state index in [1.807, 2.05) is 0 Å². The molecule has 1 unspecified atom stereocenters. The van der Waals surface area contributed by atoms with Crippen molar-refractivity contribution in [2.24, 2.45) is 5.92 Å². The van der Waals surface area contributed by atoms with E-state index in [4.69, 9.17) is 4.74 Å². The van der Waals surface area contributed by atoms with Gasteiger partial charge in [-0.25, -0.2) is 0 Å². The van der Waals surface area contributed by atoms with Gasteiger partial charge in [0, 0.05) is 6.54 Å². The molecular weight excluding hydrogens is 361 g/mol. The van der Waals surface area contributed by atoms with Crippen molar-refractivity contribution in [3.05, 3.63) is 29.8 Å². The van der Waals surface area contributed by atoms with Crippen LogP contribution in [0.3, 0.4) is 0 Å². The fraction of sp³-hybridized carbons (Fsp3) is 0.562. The molecule has 0 spiro atoms. The number of hydrogen-bond donors (Lipinski definition) is 3. The Morgan fingerprint density at radius 3 is 2.48 bits per heavy atom. The molecule has 1 atom stereocenters. The fourth-order valence-corrected chi connectivity index (χ4v) is 2.00. The molecule has 0 bridgehead atoms. The van der Waals surface area contributed by atoms with E-state index >= 15 is 0 Å². The van der Waals surface area contributed by atoms with E-state index in [2.05, 4.69) is 10.6 Å². The summed E-state index contributed by atoms with van der Waals surface area (Å²) >= 11 is 0. The highest BCUT2D eigenvalue weighted by molar-refractivity contribution is 5.85. The molecule has 0 radical (unpaired) electrons. The second-order valence-corrected chi connectivity index (χ2v) is 5.87. The van der Waals surface area contributed by atoms with E-state index in [1.165, 1.54) is 25.0 Å². The summed E-state index contributed by atoms with van der Waals surface area (Å²) in [5, 5.41) is 15.3. The zero-order chi connectivity index (χ0) is 17.6. The van der Waals surface area contributed by atoms with Crippen LogP contribution in [0.1, 0.15) is 18.4 Å². The third kappa shape index (κ3) is 8.42. The highest BCUT2D eigenvalue weighted by Crippen LogP contribution is 2.30. The Labute approximate surface area is 150 Å². The molecule has 0 heterocycles. The number of carbonyl (C=O) groups excluding carboxylic acids is 1. The van der Waals surface area contributed by atoms with Crippen LogP contribution in [0.2, 0.25) is 0 Å². The molecule has 1 fully saturated rings. The van der Waals surface area contributed by atoms with Gasteiger partial charge in [0.1, 0.15) is 18.5 Å². The molecule has 1 amide bonds. The highest BCUT2D eigenvalue weighted by Gasteiger charge is 2.30. The van der Waals surface area contributed by atoms with Crippen LogP contribution in [0, 0.1) is 5.92 Å². The molecule has 1 aromatic carbocycles. The average Bonchev–Trinajstić information content (AvgIpc) is 3.35. The minimum Gasteiger partial charge on any atom is -0.491 e. The quantitative estimate of drug-likeness (QED) is 0.611. The third-order valence-corrected chi connectivity index (χ3v) is 3.57. The number of amides is 1. The lowest BCUT2D eigenvalue weighted by Gasteiger charge is -2.14. The lowest BCUT2D eigenvalue weighted by Crippen LogP contribution is -2.40. The number of carbonyl (C=O) groups is 1. The Balaban J connectivity index is 0.00000312. The molecule has 0 aliphatic heterocycles. The number of alkyl halides is 3. The van der Waals surface area contributed by atoms with E-state index in [9.17, 15) is 23.1 Å². The molecular formula is C16H22ClF3N2O3. The summed E-state index contributed by atoms with van der Waals surface area (Å²) in [6.45, 7) is 0.918. The van der Waals surface area contributed by atoms with Crippen molar-refractivity contribution in [3.63, 3.8) is 0 Å². The lowest BCUT2D eigenvalue weighted by atomic mass is 10.2. The van der Waals surface area contributed by atoms with Gasteiger partial charge in [0.25, 0.3) is 0 Å². The Kier molecular flexibility index (Phi) is 8.47. The number of benzene rings is 1. The van der Waals surface area contributed by atoms with Crippen LogP contribution in [0.15, 0.2) is 24.3 Å². The third-order valence-electron chi connectivity index (χ3n) is 3.57. The maximum atomic E-state index is 12.4. The zero-order valence-electron chi connectivity index (χ0n) is 13.5. The standard InChI is InChI=1S/C16H21F3N2O3.ClH/c17-16(18,19)12-3-5-14(6-4-12)24-10-13(22)8-21-15(23)9-20-7-11-1-2-11;/h3-6,11,13,20,22H,1-2,7-10H2,(H,21,23);1H. The normalized spacial score (nSPS) is 15.2. The second kappa shape index (κ2) is 9.84. The first-order valence-corrected chi connectivity index (χ1v) is 7.80. The minimum atomic E-state index is -4.39. The van der Waals surface area contributed by atoms with Crippen molar-refractivity contribution in [2.45, 2.75) is 25.1 Å². The van der Waals surface area contributed by atoms with E-state index in [0.29, 0.717) is 5.92 Å². The first-order valence-electron chi connectivity index (χ1n) is 7.80. The van der Waals surface area contributed by atoms with E-state index < -0.39 is 17.8 Å². The molecule has 9 heteroatoms. The molecule has 1 aromatic rings. The Hall–Kier alpha value is -1.51. The molecule has 0 saturated heterocycles. The van der Waals surface area contributed by atoms with Crippen molar-refractivity contribution < 1.29 is 27.8 Å². The topological polar surface area (TPSA) is 70.6 Å². The van der Waals surface area contributed by atoms with Gasteiger partial charge >= 0.3 is 6.18 Å². The lowest BCUT2D eigenvalue weighted by molar-refractivity contribution is -0.137. The van der Waals surface area contributed by atoms with Crippen LogP contribution in [-0.4, -0.2) is 43.4 Å². The van der Waals surface area contributed by atoms with Crippen LogP contribution in [0.4, 0.5) is 13.2 Å². The van der Waals surface area contributed by atoms with Gasteiger partial charge in [-0.15, -0.1) is 12.4 Å². The predicted molar refractivity (Wildman–Crippen MR) is 88.8 cm³/mol. The molecule has 3 N–H and O–H groups in total. The number of nitrogens with one attached hydrogen (secondary N) is 2. The minimum absolute atomic E-state index is 0. The van der Waals surface area contributed by atoms with Gasteiger partial charge in [0.15, 0.2) is 0 Å². The summed E-state index contributed by atoms with van der Waals surface area (Å²) < 4.78 is 42.5. The Bertz CT molecular complexity index is 536. The number of halogens is 4. The summed E-state index contributed by atoms with van der Waals surface area (Å²) in [4.78, 5) is 11.5. The summed E-state index contributed by atoms with van der Waals surface area (Å²) in [6.07, 6.45) is -2.93. The molecule has 2 rings (SSSR count). The summed E-state index contributed by atoms with van der Waals surface area (Å²) in [7, 11) is 0. The van der Waals surface area contributed by atoms with Gasteiger partial charge in [-0.05, 0) is 49.6 Å². The van der Waals surface area contributed by atoms with Crippen molar-refractivity contribution in [1.82, 2.24) is 10.6 Å². The highest BCUT2D eigenvalue weighted by atomic mass is 35.5. The van der Waals surface area contributed by atoms with E-state index in [1.54, 1.807) is 0 Å². The molecule has 142 valence electrons. The second-order valence-electron chi connectivity index (χ2n) is 5.87. The first-order chi connectivity index (χ1) is 11.3. The van der Waals surface area contributed by atoms with Crippen molar-refractivity contribution in [2.75, 3.05) is 26.2 Å². The van der Waals surface area contributed by atoms with E-state index in [-0.39, 0.29) is 43.8 Å². The predicted octanol–water partition coefficient (Wildman–Crippen LogP) is 1.98. The molecule has 1 aliphatic carbocycles. The maximum Gasteiger partial charge on any atom is 0.416 e. The van der Waals surface area contributed by atoms with Gasteiger partial charge in [-0.1, -0.05) is 0 Å². The molecule has 1 saturated carbocycles. The van der Waals surface area contributed by atoms with Gasteiger partial charge in [-0.2, -0.15) is 13.2 Å². The van der Waals surface area contributed by atoms with E-state index in [0.717, 1.165) is 18.7 Å². The monoisotopic (exact) mass is 382 g/mol. The largest absolute Gasteiger partial charge is 0.491 e.